The maximum Gasteiger partial charge on any atom is 0.257 e. The van der Waals surface area contributed by atoms with Gasteiger partial charge in [0.05, 0.1) is 5.56 Å². The summed E-state index contributed by atoms with van der Waals surface area (Å²) in [6.45, 7) is 2.97. The molecule has 2 amide bonds. The van der Waals surface area contributed by atoms with Crippen LogP contribution in [0, 0.1) is 5.82 Å². The van der Waals surface area contributed by atoms with Crippen LogP contribution in [0.15, 0.2) is 30.6 Å². The van der Waals surface area contributed by atoms with Gasteiger partial charge < -0.3 is 20.1 Å². The van der Waals surface area contributed by atoms with Gasteiger partial charge in [-0.3, -0.25) is 9.59 Å². The molecular formula is C17H21ClFN5O2. The minimum absolute atomic E-state index is 0. The van der Waals surface area contributed by atoms with E-state index in [1.54, 1.807) is 11.1 Å². The van der Waals surface area contributed by atoms with Crippen molar-refractivity contribution in [2.45, 2.75) is 13.0 Å². The van der Waals surface area contributed by atoms with Crippen LogP contribution in [0.5, 0.6) is 0 Å². The van der Waals surface area contributed by atoms with Crippen LogP contribution < -0.4 is 10.6 Å². The van der Waals surface area contributed by atoms with Gasteiger partial charge in [-0.1, -0.05) is 0 Å². The first-order chi connectivity index (χ1) is 12.0. The average molecular weight is 382 g/mol. The Kier molecular flexibility index (Phi) is 6.33. The predicted octanol–water partition coefficient (Wildman–Crippen LogP) is 1.73. The number of rotatable bonds is 3. The van der Waals surface area contributed by atoms with E-state index in [0.29, 0.717) is 25.3 Å². The van der Waals surface area contributed by atoms with E-state index in [9.17, 15) is 14.0 Å². The Hall–Kier alpha value is -2.45. The van der Waals surface area contributed by atoms with E-state index in [4.69, 9.17) is 0 Å². The number of carbonyl (C=O) groups excluding carboxylic acids is 2. The highest BCUT2D eigenvalue weighted by molar-refractivity contribution is 5.97. The Labute approximate surface area is 157 Å². The van der Waals surface area contributed by atoms with Crippen LogP contribution in [-0.2, 0) is 11.8 Å². The van der Waals surface area contributed by atoms with Crippen molar-refractivity contribution in [2.24, 2.45) is 7.05 Å². The number of aryl methyl sites for hydroxylation is 1. The Bertz CT molecular complexity index is 810. The highest BCUT2D eigenvalue weighted by Gasteiger charge is 2.32. The second-order valence-electron chi connectivity index (χ2n) is 5.99. The van der Waals surface area contributed by atoms with E-state index >= 15 is 0 Å². The number of anilines is 1. The molecule has 140 valence electrons. The lowest BCUT2D eigenvalue weighted by molar-refractivity contribution is -0.114. The number of carbonyl (C=O) groups is 2. The molecule has 0 saturated carbocycles. The molecule has 2 aromatic rings. The van der Waals surface area contributed by atoms with E-state index in [1.807, 2.05) is 17.8 Å². The molecule has 1 fully saturated rings. The lowest BCUT2D eigenvalue weighted by Gasteiger charge is -2.36. The minimum atomic E-state index is -0.615. The maximum absolute atomic E-state index is 14.3. The highest BCUT2D eigenvalue weighted by Crippen LogP contribution is 2.25. The number of hydrogen-bond donors (Lipinski definition) is 2. The first-order valence-electron chi connectivity index (χ1n) is 8.03. The maximum atomic E-state index is 14.3. The Morgan fingerprint density at radius 3 is 2.81 bits per heavy atom. The third-order valence-corrected chi connectivity index (χ3v) is 4.18. The van der Waals surface area contributed by atoms with Gasteiger partial charge in [0.15, 0.2) is 0 Å². The predicted molar refractivity (Wildman–Crippen MR) is 97.8 cm³/mol. The first-order valence-corrected chi connectivity index (χ1v) is 8.03. The summed E-state index contributed by atoms with van der Waals surface area (Å²) in [6.07, 6.45) is 3.48. The fourth-order valence-electron chi connectivity index (χ4n) is 3.00. The lowest BCUT2D eigenvalue weighted by Crippen LogP contribution is -2.49. The first kappa shape index (κ1) is 19.9. The quantitative estimate of drug-likeness (QED) is 0.848. The minimum Gasteiger partial charge on any atom is -0.336 e. The zero-order chi connectivity index (χ0) is 18.0. The Morgan fingerprint density at radius 2 is 2.15 bits per heavy atom. The van der Waals surface area contributed by atoms with Crippen LogP contribution in [0.25, 0.3) is 0 Å². The van der Waals surface area contributed by atoms with Crippen LogP contribution >= 0.6 is 12.4 Å². The Morgan fingerprint density at radius 1 is 1.38 bits per heavy atom. The smallest absolute Gasteiger partial charge is 0.257 e. The summed E-state index contributed by atoms with van der Waals surface area (Å²) in [4.78, 5) is 30.1. The van der Waals surface area contributed by atoms with E-state index in [-0.39, 0.29) is 29.9 Å². The van der Waals surface area contributed by atoms with Crippen LogP contribution in [0.2, 0.25) is 0 Å². The summed E-state index contributed by atoms with van der Waals surface area (Å²) in [5.41, 5.74) is 0.327. The third kappa shape index (κ3) is 4.03. The van der Waals surface area contributed by atoms with Crippen LogP contribution in [0.3, 0.4) is 0 Å². The molecule has 3 rings (SSSR count). The van der Waals surface area contributed by atoms with E-state index < -0.39 is 11.7 Å². The summed E-state index contributed by atoms with van der Waals surface area (Å²) >= 11 is 0. The average Bonchev–Trinajstić information content (AvgIpc) is 3.01. The van der Waals surface area contributed by atoms with Crippen LogP contribution in [-0.4, -0.2) is 45.9 Å². The molecule has 0 bridgehead atoms. The molecule has 1 aliphatic rings. The second-order valence-corrected chi connectivity index (χ2v) is 5.99. The molecule has 9 heteroatoms. The molecule has 2 heterocycles. The summed E-state index contributed by atoms with van der Waals surface area (Å²) < 4.78 is 16.1. The standard InChI is InChI=1S/C17H20FN5O2.ClH/c1-11(24)21-12-3-4-14(18)13(9-12)17(25)23-8-5-19-10-15(23)16-20-6-7-22(16)2;/h3-4,6-7,9,15,19H,5,8,10H2,1-2H3,(H,21,24);1H. The normalized spacial score (nSPS) is 16.7. The molecule has 7 nitrogen and oxygen atoms in total. The van der Waals surface area contributed by atoms with Gasteiger partial charge in [-0.15, -0.1) is 12.4 Å². The van der Waals surface area contributed by atoms with Gasteiger partial charge in [0, 0.05) is 51.7 Å². The van der Waals surface area contributed by atoms with Gasteiger partial charge in [-0.05, 0) is 18.2 Å². The lowest BCUT2D eigenvalue weighted by atomic mass is 10.1. The van der Waals surface area contributed by atoms with Crippen molar-refractivity contribution in [3.63, 3.8) is 0 Å². The zero-order valence-electron chi connectivity index (χ0n) is 14.5. The number of amides is 2. The van der Waals surface area contributed by atoms with Gasteiger partial charge in [0.2, 0.25) is 5.91 Å². The number of hydrogen-bond acceptors (Lipinski definition) is 4. The zero-order valence-corrected chi connectivity index (χ0v) is 15.3. The molecule has 1 aliphatic heterocycles. The Balaban J connectivity index is 0.00000243. The van der Waals surface area contributed by atoms with Gasteiger partial charge in [0.1, 0.15) is 17.7 Å². The van der Waals surface area contributed by atoms with Crippen molar-refractivity contribution < 1.29 is 14.0 Å². The van der Waals surface area contributed by atoms with Crippen molar-refractivity contribution >= 4 is 29.9 Å². The number of nitrogens with zero attached hydrogens (tertiary/aromatic N) is 3. The van der Waals surface area contributed by atoms with E-state index in [2.05, 4.69) is 15.6 Å². The summed E-state index contributed by atoms with van der Waals surface area (Å²) in [5, 5.41) is 5.81. The summed E-state index contributed by atoms with van der Waals surface area (Å²) in [6, 6.07) is 3.71. The molecular weight excluding hydrogens is 361 g/mol. The monoisotopic (exact) mass is 381 g/mol. The van der Waals surface area contributed by atoms with Gasteiger partial charge in [-0.2, -0.15) is 0 Å². The number of nitrogens with one attached hydrogen (secondary N) is 2. The molecule has 1 unspecified atom stereocenters. The molecule has 1 atom stereocenters. The van der Waals surface area contributed by atoms with Gasteiger partial charge >= 0.3 is 0 Å². The van der Waals surface area contributed by atoms with Crippen LogP contribution in [0.1, 0.15) is 29.1 Å². The number of aromatic nitrogens is 2. The SMILES string of the molecule is CC(=O)Nc1ccc(F)c(C(=O)N2CCNCC2c2nccn2C)c1.Cl. The van der Waals surface area contributed by atoms with Crippen molar-refractivity contribution in [3.05, 3.63) is 47.8 Å². The van der Waals surface area contributed by atoms with Crippen molar-refractivity contribution in [2.75, 3.05) is 25.0 Å². The molecule has 0 spiro atoms. The fourth-order valence-corrected chi connectivity index (χ4v) is 3.00. The largest absolute Gasteiger partial charge is 0.336 e. The number of halogens is 2. The molecule has 26 heavy (non-hydrogen) atoms. The number of piperazine rings is 1. The van der Waals surface area contributed by atoms with Gasteiger partial charge in [-0.25, -0.2) is 9.37 Å². The second kappa shape index (κ2) is 8.29. The number of benzene rings is 1. The van der Waals surface area contributed by atoms with E-state index in [0.717, 1.165) is 5.82 Å². The van der Waals surface area contributed by atoms with Crippen LogP contribution in [0.4, 0.5) is 10.1 Å². The topological polar surface area (TPSA) is 79.3 Å². The summed E-state index contributed by atoms with van der Waals surface area (Å²) in [5.74, 6) is -0.576. The molecule has 0 radical (unpaired) electrons. The van der Waals surface area contributed by atoms with Crippen molar-refractivity contribution in [1.82, 2.24) is 19.8 Å². The highest BCUT2D eigenvalue weighted by atomic mass is 35.5. The van der Waals surface area contributed by atoms with Crippen molar-refractivity contribution in [1.29, 1.82) is 0 Å². The molecule has 1 saturated heterocycles. The third-order valence-electron chi connectivity index (χ3n) is 4.18. The van der Waals surface area contributed by atoms with Gasteiger partial charge in [0.25, 0.3) is 5.91 Å². The molecule has 2 N–H and O–H groups in total. The van der Waals surface area contributed by atoms with E-state index in [1.165, 1.54) is 25.1 Å². The fraction of sp³-hybridized carbons (Fsp3) is 0.353. The van der Waals surface area contributed by atoms with Crippen molar-refractivity contribution in [3.8, 4) is 0 Å². The number of imidazole rings is 1. The molecule has 0 aliphatic carbocycles. The molecule has 1 aromatic heterocycles. The summed E-state index contributed by atoms with van der Waals surface area (Å²) in [7, 11) is 1.86. The molecule has 1 aromatic carbocycles.